The topological polar surface area (TPSA) is 75.1 Å². The van der Waals surface area contributed by atoms with Crippen LogP contribution in [0.5, 0.6) is 0 Å². The molecular formula is C15H17N3O2. The molecule has 0 saturated carbocycles. The number of aromatic nitrogens is 2. The van der Waals surface area contributed by atoms with Crippen molar-refractivity contribution >= 4 is 11.8 Å². The van der Waals surface area contributed by atoms with Crippen molar-refractivity contribution in [2.75, 3.05) is 5.32 Å². The van der Waals surface area contributed by atoms with Gasteiger partial charge in [-0.2, -0.15) is 0 Å². The van der Waals surface area contributed by atoms with E-state index in [0.717, 1.165) is 5.56 Å². The molecule has 0 saturated heterocycles. The van der Waals surface area contributed by atoms with Gasteiger partial charge in [0.25, 0.3) is 0 Å². The number of aryl methyl sites for hydroxylation is 1. The highest BCUT2D eigenvalue weighted by Gasteiger charge is 2.12. The lowest BCUT2D eigenvalue weighted by molar-refractivity contribution is 0.0690. The molecule has 1 aromatic carbocycles. The van der Waals surface area contributed by atoms with Crippen LogP contribution in [0.15, 0.2) is 36.4 Å². The molecule has 0 radical (unpaired) electrons. The molecular weight excluding hydrogens is 254 g/mol. The third-order valence-corrected chi connectivity index (χ3v) is 2.97. The van der Waals surface area contributed by atoms with Gasteiger partial charge < -0.3 is 10.4 Å². The summed E-state index contributed by atoms with van der Waals surface area (Å²) < 4.78 is 0. The molecule has 20 heavy (non-hydrogen) atoms. The molecule has 2 aromatic rings. The molecule has 1 atom stereocenters. The van der Waals surface area contributed by atoms with E-state index in [1.807, 2.05) is 44.2 Å². The Morgan fingerprint density at radius 2 is 2.00 bits per heavy atom. The first-order valence-electron chi connectivity index (χ1n) is 6.53. The van der Waals surface area contributed by atoms with Gasteiger partial charge in [-0.25, -0.2) is 14.8 Å². The van der Waals surface area contributed by atoms with Gasteiger partial charge in [0.15, 0.2) is 5.69 Å². The third-order valence-electron chi connectivity index (χ3n) is 2.97. The first kappa shape index (κ1) is 14.0. The summed E-state index contributed by atoms with van der Waals surface area (Å²) in [4.78, 5) is 19.4. The zero-order chi connectivity index (χ0) is 14.5. The second-order valence-electron chi connectivity index (χ2n) is 4.49. The van der Waals surface area contributed by atoms with E-state index in [9.17, 15) is 4.79 Å². The molecule has 2 rings (SSSR count). The Bertz CT molecular complexity index is 599. The number of carboxylic acids is 1. The summed E-state index contributed by atoms with van der Waals surface area (Å²) in [5, 5.41) is 12.3. The van der Waals surface area contributed by atoms with Crippen LogP contribution in [0.2, 0.25) is 0 Å². The largest absolute Gasteiger partial charge is 0.477 e. The van der Waals surface area contributed by atoms with Gasteiger partial charge in [0.1, 0.15) is 11.6 Å². The number of aromatic carboxylic acids is 1. The van der Waals surface area contributed by atoms with E-state index in [0.29, 0.717) is 18.1 Å². The summed E-state index contributed by atoms with van der Waals surface area (Å²) in [5.41, 5.74) is 1.13. The van der Waals surface area contributed by atoms with E-state index in [4.69, 9.17) is 5.11 Å². The van der Waals surface area contributed by atoms with E-state index in [1.54, 1.807) is 0 Å². The number of anilines is 1. The number of nitrogens with zero attached hydrogens (tertiary/aromatic N) is 2. The minimum absolute atomic E-state index is 0.0135. The van der Waals surface area contributed by atoms with Crippen LogP contribution in [0.3, 0.4) is 0 Å². The van der Waals surface area contributed by atoms with E-state index in [2.05, 4.69) is 15.3 Å². The van der Waals surface area contributed by atoms with Crippen molar-refractivity contribution in [3.8, 4) is 0 Å². The van der Waals surface area contributed by atoms with E-state index >= 15 is 0 Å². The van der Waals surface area contributed by atoms with Gasteiger partial charge in [0.05, 0.1) is 0 Å². The monoisotopic (exact) mass is 271 g/mol. The minimum Gasteiger partial charge on any atom is -0.477 e. The van der Waals surface area contributed by atoms with Crippen LogP contribution in [0.1, 0.15) is 41.8 Å². The average Bonchev–Trinajstić information content (AvgIpc) is 2.47. The molecule has 2 N–H and O–H groups in total. The van der Waals surface area contributed by atoms with Crippen LogP contribution < -0.4 is 5.32 Å². The van der Waals surface area contributed by atoms with Crippen molar-refractivity contribution < 1.29 is 9.90 Å². The normalized spacial score (nSPS) is 11.9. The fraction of sp³-hybridized carbons (Fsp3) is 0.267. The van der Waals surface area contributed by atoms with Crippen LogP contribution in [-0.2, 0) is 6.42 Å². The number of nitrogens with one attached hydrogen (secondary N) is 1. The molecule has 0 amide bonds. The number of rotatable bonds is 5. The van der Waals surface area contributed by atoms with E-state index in [-0.39, 0.29) is 11.7 Å². The number of benzene rings is 1. The van der Waals surface area contributed by atoms with Crippen LogP contribution in [0.4, 0.5) is 5.82 Å². The first-order valence-corrected chi connectivity index (χ1v) is 6.53. The molecule has 0 aliphatic heterocycles. The fourth-order valence-electron chi connectivity index (χ4n) is 1.89. The Morgan fingerprint density at radius 3 is 2.60 bits per heavy atom. The Hall–Kier alpha value is -2.43. The van der Waals surface area contributed by atoms with Crippen LogP contribution >= 0.6 is 0 Å². The molecule has 5 heteroatoms. The van der Waals surface area contributed by atoms with Crippen LogP contribution in [-0.4, -0.2) is 21.0 Å². The van der Waals surface area contributed by atoms with Gasteiger partial charge in [-0.3, -0.25) is 0 Å². The smallest absolute Gasteiger partial charge is 0.354 e. The molecule has 1 aromatic heterocycles. The summed E-state index contributed by atoms with van der Waals surface area (Å²) in [7, 11) is 0. The predicted octanol–water partition coefficient (Wildman–Crippen LogP) is 2.91. The highest BCUT2D eigenvalue weighted by atomic mass is 16.4. The summed E-state index contributed by atoms with van der Waals surface area (Å²) in [6, 6.07) is 11.4. The lowest BCUT2D eigenvalue weighted by Crippen LogP contribution is -2.12. The zero-order valence-electron chi connectivity index (χ0n) is 11.5. The second-order valence-corrected chi connectivity index (χ2v) is 4.49. The molecule has 0 fully saturated rings. The first-order chi connectivity index (χ1) is 9.60. The highest BCUT2D eigenvalue weighted by Crippen LogP contribution is 2.18. The van der Waals surface area contributed by atoms with Crippen molar-refractivity contribution in [3.63, 3.8) is 0 Å². The van der Waals surface area contributed by atoms with Gasteiger partial charge in [-0.1, -0.05) is 37.3 Å². The zero-order valence-corrected chi connectivity index (χ0v) is 11.5. The van der Waals surface area contributed by atoms with Gasteiger partial charge in [-0.05, 0) is 12.5 Å². The maximum Gasteiger partial charge on any atom is 0.354 e. The molecule has 0 spiro atoms. The second kappa shape index (κ2) is 6.14. The molecule has 0 aliphatic carbocycles. The van der Waals surface area contributed by atoms with Crippen molar-refractivity contribution in [1.29, 1.82) is 0 Å². The summed E-state index contributed by atoms with van der Waals surface area (Å²) in [6.07, 6.45) is 0.593. The Kier molecular flexibility index (Phi) is 4.30. The van der Waals surface area contributed by atoms with E-state index < -0.39 is 5.97 Å². The average molecular weight is 271 g/mol. The van der Waals surface area contributed by atoms with Crippen molar-refractivity contribution in [2.45, 2.75) is 26.3 Å². The molecule has 0 aliphatic rings. The number of carboxylic acid groups (broad SMARTS) is 1. The lowest BCUT2D eigenvalue weighted by atomic mass is 10.1. The third kappa shape index (κ3) is 3.32. The molecule has 1 unspecified atom stereocenters. The SMILES string of the molecule is CCc1nc(NC(C)c2ccccc2)cc(C(=O)O)n1. The quantitative estimate of drug-likeness (QED) is 0.874. The Labute approximate surface area is 117 Å². The standard InChI is InChI=1S/C15H17N3O2/c1-3-13-17-12(15(19)20)9-14(18-13)16-10(2)11-7-5-4-6-8-11/h4-10H,3H2,1-2H3,(H,19,20)(H,16,17,18). The lowest BCUT2D eigenvalue weighted by Gasteiger charge is -2.15. The van der Waals surface area contributed by atoms with E-state index in [1.165, 1.54) is 6.07 Å². The highest BCUT2D eigenvalue weighted by molar-refractivity contribution is 5.86. The summed E-state index contributed by atoms with van der Waals surface area (Å²) >= 11 is 0. The number of hydrogen-bond donors (Lipinski definition) is 2. The Morgan fingerprint density at radius 1 is 1.30 bits per heavy atom. The molecule has 104 valence electrons. The predicted molar refractivity (Wildman–Crippen MR) is 76.8 cm³/mol. The van der Waals surface area contributed by atoms with Crippen LogP contribution in [0.25, 0.3) is 0 Å². The van der Waals surface area contributed by atoms with Gasteiger partial charge in [-0.15, -0.1) is 0 Å². The summed E-state index contributed by atoms with van der Waals surface area (Å²) in [6.45, 7) is 3.90. The summed E-state index contributed by atoms with van der Waals surface area (Å²) in [5.74, 6) is 0.00998. The maximum absolute atomic E-state index is 11.1. The van der Waals surface area contributed by atoms with Crippen molar-refractivity contribution in [3.05, 3.63) is 53.5 Å². The van der Waals surface area contributed by atoms with Crippen molar-refractivity contribution in [2.24, 2.45) is 0 Å². The Balaban J connectivity index is 2.24. The van der Waals surface area contributed by atoms with Gasteiger partial charge in [0.2, 0.25) is 0 Å². The molecule has 0 bridgehead atoms. The minimum atomic E-state index is -1.04. The maximum atomic E-state index is 11.1. The van der Waals surface area contributed by atoms with Gasteiger partial charge >= 0.3 is 5.97 Å². The number of hydrogen-bond acceptors (Lipinski definition) is 4. The van der Waals surface area contributed by atoms with Crippen LogP contribution in [0, 0.1) is 0 Å². The fourth-order valence-corrected chi connectivity index (χ4v) is 1.89. The van der Waals surface area contributed by atoms with Crippen molar-refractivity contribution in [1.82, 2.24) is 9.97 Å². The molecule has 1 heterocycles. The molecule has 5 nitrogen and oxygen atoms in total. The van der Waals surface area contributed by atoms with Gasteiger partial charge in [0, 0.05) is 18.5 Å². The number of carbonyl (C=O) groups is 1.